The van der Waals surface area contributed by atoms with E-state index in [-0.39, 0.29) is 5.56 Å². The van der Waals surface area contributed by atoms with E-state index in [0.717, 1.165) is 37.1 Å². The predicted octanol–water partition coefficient (Wildman–Crippen LogP) is 2.60. The summed E-state index contributed by atoms with van der Waals surface area (Å²) in [5.74, 6) is 0.608. The number of hydrogen-bond donors (Lipinski definition) is 1. The zero-order valence-corrected chi connectivity index (χ0v) is 13.3. The molecule has 0 bridgehead atoms. The van der Waals surface area contributed by atoms with Crippen molar-refractivity contribution in [2.24, 2.45) is 0 Å². The lowest BCUT2D eigenvalue weighted by Crippen LogP contribution is -2.16. The molecule has 102 valence electrons. The minimum absolute atomic E-state index is 0.0720. The Balaban J connectivity index is 2.40. The second kappa shape index (κ2) is 6.31. The Morgan fingerprint density at radius 3 is 2.84 bits per heavy atom. The maximum Gasteiger partial charge on any atom is 0.264 e. The smallest absolute Gasteiger partial charge is 0.264 e. The van der Waals surface area contributed by atoms with Crippen molar-refractivity contribution in [3.05, 3.63) is 32.0 Å². The monoisotopic (exact) mass is 372 g/mol. The van der Waals surface area contributed by atoms with E-state index >= 15 is 0 Å². The number of aromatic nitrogens is 4. The summed E-state index contributed by atoms with van der Waals surface area (Å²) in [4.78, 5) is 19.3. The molecule has 0 spiro atoms. The van der Waals surface area contributed by atoms with Gasteiger partial charge in [-0.3, -0.25) is 9.48 Å². The molecule has 0 aliphatic carbocycles. The summed E-state index contributed by atoms with van der Waals surface area (Å²) in [5, 5.41) is 4.26. The van der Waals surface area contributed by atoms with Gasteiger partial charge < -0.3 is 4.98 Å². The summed E-state index contributed by atoms with van der Waals surface area (Å²) < 4.78 is 2.55. The zero-order chi connectivity index (χ0) is 13.8. The van der Waals surface area contributed by atoms with Crippen LogP contribution < -0.4 is 5.56 Å². The van der Waals surface area contributed by atoms with Crippen LogP contribution >= 0.6 is 22.6 Å². The Labute approximate surface area is 125 Å². The average Bonchev–Trinajstić information content (AvgIpc) is 2.84. The number of hydrogen-bond acceptors (Lipinski definition) is 3. The lowest BCUT2D eigenvalue weighted by Gasteiger charge is -2.04. The summed E-state index contributed by atoms with van der Waals surface area (Å²) >= 11 is 2.06. The van der Waals surface area contributed by atoms with Crippen LogP contribution in [0.1, 0.15) is 32.4 Å². The van der Waals surface area contributed by atoms with Crippen molar-refractivity contribution in [1.82, 2.24) is 19.7 Å². The third kappa shape index (κ3) is 3.23. The summed E-state index contributed by atoms with van der Waals surface area (Å²) in [6.45, 7) is 5.06. The van der Waals surface area contributed by atoms with Gasteiger partial charge in [0, 0.05) is 12.7 Å². The number of rotatable bonds is 5. The van der Waals surface area contributed by atoms with Gasteiger partial charge in [0.25, 0.3) is 5.56 Å². The molecule has 5 nitrogen and oxygen atoms in total. The number of aromatic amines is 1. The highest BCUT2D eigenvalue weighted by atomic mass is 127. The van der Waals surface area contributed by atoms with E-state index in [0.29, 0.717) is 9.39 Å². The molecule has 2 aromatic heterocycles. The molecule has 0 unspecified atom stereocenters. The van der Waals surface area contributed by atoms with Crippen LogP contribution in [0.4, 0.5) is 0 Å². The largest absolute Gasteiger partial charge is 0.306 e. The maximum atomic E-state index is 11.9. The van der Waals surface area contributed by atoms with E-state index in [1.54, 1.807) is 6.20 Å². The molecule has 0 saturated carbocycles. The van der Waals surface area contributed by atoms with Gasteiger partial charge in [0.1, 0.15) is 5.82 Å². The third-order valence-corrected chi connectivity index (χ3v) is 3.89. The molecule has 0 saturated heterocycles. The highest BCUT2D eigenvalue weighted by Gasteiger charge is 2.11. The number of aryl methyl sites for hydroxylation is 2. The van der Waals surface area contributed by atoms with Gasteiger partial charge in [0.05, 0.1) is 21.0 Å². The second-order valence-corrected chi connectivity index (χ2v) is 5.50. The van der Waals surface area contributed by atoms with E-state index in [4.69, 9.17) is 0 Å². The van der Waals surface area contributed by atoms with Crippen molar-refractivity contribution in [1.29, 1.82) is 0 Å². The molecule has 6 heteroatoms. The molecule has 0 radical (unpaired) electrons. The fourth-order valence-electron chi connectivity index (χ4n) is 1.88. The van der Waals surface area contributed by atoms with Gasteiger partial charge in [0.15, 0.2) is 0 Å². The SMILES string of the molecule is CCCc1nc(-c2cnn(CCC)c2)[nH]c(=O)c1I. The van der Waals surface area contributed by atoms with Crippen molar-refractivity contribution < 1.29 is 0 Å². The van der Waals surface area contributed by atoms with E-state index in [9.17, 15) is 4.79 Å². The minimum atomic E-state index is -0.0720. The van der Waals surface area contributed by atoms with Crippen LogP contribution in [0.25, 0.3) is 11.4 Å². The quantitative estimate of drug-likeness (QED) is 0.821. The first-order valence-corrected chi connectivity index (χ1v) is 7.55. The van der Waals surface area contributed by atoms with Crippen LogP contribution in [0.15, 0.2) is 17.2 Å². The van der Waals surface area contributed by atoms with Crippen molar-refractivity contribution in [3.8, 4) is 11.4 Å². The molecule has 19 heavy (non-hydrogen) atoms. The Morgan fingerprint density at radius 2 is 2.16 bits per heavy atom. The second-order valence-electron chi connectivity index (χ2n) is 4.42. The molecule has 0 fully saturated rings. The molecule has 2 rings (SSSR count). The number of nitrogens with zero attached hydrogens (tertiary/aromatic N) is 3. The van der Waals surface area contributed by atoms with E-state index in [2.05, 4.69) is 51.5 Å². The summed E-state index contributed by atoms with van der Waals surface area (Å²) in [7, 11) is 0. The normalized spacial score (nSPS) is 10.9. The van der Waals surface area contributed by atoms with Gasteiger partial charge in [-0.15, -0.1) is 0 Å². The van der Waals surface area contributed by atoms with Gasteiger partial charge in [-0.25, -0.2) is 4.98 Å². The average molecular weight is 372 g/mol. The molecule has 2 heterocycles. The van der Waals surface area contributed by atoms with Crippen molar-refractivity contribution in [2.75, 3.05) is 0 Å². The molecule has 0 atom stereocenters. The van der Waals surface area contributed by atoms with Crippen molar-refractivity contribution >= 4 is 22.6 Å². The van der Waals surface area contributed by atoms with Crippen molar-refractivity contribution in [2.45, 2.75) is 39.7 Å². The lowest BCUT2D eigenvalue weighted by molar-refractivity contribution is 0.603. The molecule has 1 N–H and O–H groups in total. The standard InChI is InChI=1S/C13H17IN4O/c1-3-5-10-11(14)13(19)17-12(16-10)9-7-15-18(8-9)6-4-2/h7-8H,3-6H2,1-2H3,(H,16,17,19). The van der Waals surface area contributed by atoms with Crippen LogP contribution in [0.5, 0.6) is 0 Å². The van der Waals surface area contributed by atoms with Gasteiger partial charge in [0.2, 0.25) is 0 Å². The molecular formula is C13H17IN4O. The van der Waals surface area contributed by atoms with Crippen LogP contribution in [-0.4, -0.2) is 19.7 Å². The summed E-state index contributed by atoms with van der Waals surface area (Å²) in [6, 6.07) is 0. The topological polar surface area (TPSA) is 63.6 Å². The Bertz CT molecular complexity index is 617. The van der Waals surface area contributed by atoms with Gasteiger partial charge in [-0.1, -0.05) is 20.3 Å². The molecule has 0 aliphatic heterocycles. The van der Waals surface area contributed by atoms with Crippen molar-refractivity contribution in [3.63, 3.8) is 0 Å². The number of nitrogens with one attached hydrogen (secondary N) is 1. The first-order chi connectivity index (χ1) is 9.15. The Morgan fingerprint density at radius 1 is 1.37 bits per heavy atom. The fraction of sp³-hybridized carbons (Fsp3) is 0.462. The highest BCUT2D eigenvalue weighted by molar-refractivity contribution is 14.1. The van der Waals surface area contributed by atoms with E-state index in [1.807, 2.05) is 10.9 Å². The van der Waals surface area contributed by atoms with Gasteiger partial charge >= 0.3 is 0 Å². The fourth-order valence-corrected chi connectivity index (χ4v) is 2.41. The third-order valence-electron chi connectivity index (χ3n) is 2.78. The summed E-state index contributed by atoms with van der Waals surface area (Å²) in [5.41, 5.74) is 1.65. The summed E-state index contributed by atoms with van der Waals surface area (Å²) in [6.07, 6.45) is 6.49. The minimum Gasteiger partial charge on any atom is -0.306 e. The first kappa shape index (κ1) is 14.2. The highest BCUT2D eigenvalue weighted by Crippen LogP contribution is 2.15. The molecule has 0 aromatic carbocycles. The zero-order valence-electron chi connectivity index (χ0n) is 11.1. The number of halogens is 1. The first-order valence-electron chi connectivity index (χ1n) is 6.47. The van der Waals surface area contributed by atoms with Crippen LogP contribution in [0, 0.1) is 3.57 Å². The van der Waals surface area contributed by atoms with E-state index in [1.165, 1.54) is 0 Å². The Hall–Kier alpha value is -1.18. The molecule has 0 aliphatic rings. The van der Waals surface area contributed by atoms with Crippen LogP contribution in [0.3, 0.4) is 0 Å². The molecular weight excluding hydrogens is 355 g/mol. The van der Waals surface area contributed by atoms with Crippen LogP contribution in [-0.2, 0) is 13.0 Å². The lowest BCUT2D eigenvalue weighted by atomic mass is 10.2. The number of H-pyrrole nitrogens is 1. The Kier molecular flexibility index (Phi) is 4.73. The predicted molar refractivity (Wildman–Crippen MR) is 83.1 cm³/mol. The van der Waals surface area contributed by atoms with Crippen LogP contribution in [0.2, 0.25) is 0 Å². The maximum absolute atomic E-state index is 11.9. The van der Waals surface area contributed by atoms with Gasteiger partial charge in [-0.05, 0) is 35.4 Å². The molecule has 0 amide bonds. The molecule has 2 aromatic rings. The van der Waals surface area contributed by atoms with Gasteiger partial charge in [-0.2, -0.15) is 5.10 Å². The van der Waals surface area contributed by atoms with E-state index < -0.39 is 0 Å².